The molecule has 0 spiro atoms. The highest BCUT2D eigenvalue weighted by Gasteiger charge is 2.13. The molecule has 0 aliphatic heterocycles. The molecule has 5 heteroatoms. The van der Waals surface area contributed by atoms with Gasteiger partial charge in [-0.05, 0) is 30.3 Å². The standard InChI is InChI=1S/C14H12ClN3O/c1-19-13-5-3-2-4-11(13)18-12-8-9(15)6-7-10(12)17-14(18)16/h2-8H,1H3,(H2,16,17). The molecule has 0 atom stereocenters. The van der Waals surface area contributed by atoms with Crippen molar-refractivity contribution >= 4 is 28.6 Å². The molecule has 0 aliphatic rings. The van der Waals surface area contributed by atoms with Crippen LogP contribution in [-0.2, 0) is 0 Å². The van der Waals surface area contributed by atoms with Gasteiger partial charge in [-0.3, -0.25) is 4.57 Å². The Morgan fingerprint density at radius 1 is 1.21 bits per heavy atom. The molecule has 2 N–H and O–H groups in total. The molecule has 96 valence electrons. The highest BCUT2D eigenvalue weighted by Crippen LogP contribution is 2.30. The van der Waals surface area contributed by atoms with Crippen LogP contribution in [0.1, 0.15) is 0 Å². The van der Waals surface area contributed by atoms with E-state index in [-0.39, 0.29) is 0 Å². The number of ether oxygens (including phenoxy) is 1. The maximum absolute atomic E-state index is 6.05. The normalized spacial score (nSPS) is 10.8. The molecule has 0 aliphatic carbocycles. The number of methoxy groups -OCH3 is 1. The molecular weight excluding hydrogens is 262 g/mol. The Balaban J connectivity index is 2.35. The summed E-state index contributed by atoms with van der Waals surface area (Å²) in [6.07, 6.45) is 0. The number of para-hydroxylation sites is 2. The average molecular weight is 274 g/mol. The molecule has 3 rings (SSSR count). The van der Waals surface area contributed by atoms with E-state index in [4.69, 9.17) is 22.1 Å². The van der Waals surface area contributed by atoms with Crippen molar-refractivity contribution in [1.29, 1.82) is 0 Å². The number of benzene rings is 2. The van der Waals surface area contributed by atoms with Gasteiger partial charge in [-0.2, -0.15) is 0 Å². The first-order valence-electron chi connectivity index (χ1n) is 5.77. The van der Waals surface area contributed by atoms with Gasteiger partial charge in [0.25, 0.3) is 0 Å². The molecule has 3 aromatic rings. The Morgan fingerprint density at radius 2 is 2.00 bits per heavy atom. The highest BCUT2D eigenvalue weighted by molar-refractivity contribution is 6.31. The molecule has 1 aromatic heterocycles. The lowest BCUT2D eigenvalue weighted by Gasteiger charge is -2.11. The summed E-state index contributed by atoms with van der Waals surface area (Å²) in [5.41, 5.74) is 8.51. The Bertz CT molecular complexity index is 752. The van der Waals surface area contributed by atoms with E-state index in [2.05, 4.69) is 4.98 Å². The predicted octanol–water partition coefficient (Wildman–Crippen LogP) is 3.27. The summed E-state index contributed by atoms with van der Waals surface area (Å²) in [4.78, 5) is 4.33. The number of rotatable bonds is 2. The number of halogens is 1. The minimum Gasteiger partial charge on any atom is -0.495 e. The molecule has 19 heavy (non-hydrogen) atoms. The second kappa shape index (κ2) is 4.48. The molecule has 0 fully saturated rings. The van der Waals surface area contributed by atoms with E-state index >= 15 is 0 Å². The minimum absolute atomic E-state index is 0.404. The van der Waals surface area contributed by atoms with Gasteiger partial charge >= 0.3 is 0 Å². The zero-order valence-corrected chi connectivity index (χ0v) is 11.1. The molecule has 2 aromatic carbocycles. The molecule has 0 saturated carbocycles. The van der Waals surface area contributed by atoms with Crippen molar-refractivity contribution in [3.05, 3.63) is 47.5 Å². The summed E-state index contributed by atoms with van der Waals surface area (Å²) in [6.45, 7) is 0. The molecule has 0 amide bonds. The quantitative estimate of drug-likeness (QED) is 0.780. The monoisotopic (exact) mass is 273 g/mol. The molecule has 4 nitrogen and oxygen atoms in total. The first kappa shape index (κ1) is 11.9. The Hall–Kier alpha value is -2.20. The van der Waals surface area contributed by atoms with Gasteiger partial charge in [-0.15, -0.1) is 0 Å². The van der Waals surface area contributed by atoms with E-state index in [1.165, 1.54) is 0 Å². The number of anilines is 1. The summed E-state index contributed by atoms with van der Waals surface area (Å²) >= 11 is 6.05. The average Bonchev–Trinajstić information content (AvgIpc) is 2.74. The summed E-state index contributed by atoms with van der Waals surface area (Å²) in [5, 5.41) is 0.642. The largest absolute Gasteiger partial charge is 0.495 e. The van der Waals surface area contributed by atoms with E-state index in [0.29, 0.717) is 11.0 Å². The van der Waals surface area contributed by atoms with Crippen LogP contribution < -0.4 is 10.5 Å². The number of imidazole rings is 1. The van der Waals surface area contributed by atoms with E-state index in [1.807, 2.05) is 41.0 Å². The predicted molar refractivity (Wildman–Crippen MR) is 77.0 cm³/mol. The lowest BCUT2D eigenvalue weighted by Crippen LogP contribution is -2.02. The third kappa shape index (κ3) is 1.90. The summed E-state index contributed by atoms with van der Waals surface area (Å²) in [6, 6.07) is 13.1. The van der Waals surface area contributed by atoms with Crippen LogP contribution in [0.4, 0.5) is 5.95 Å². The van der Waals surface area contributed by atoms with Crippen LogP contribution >= 0.6 is 11.6 Å². The maximum atomic E-state index is 6.05. The number of hydrogen-bond acceptors (Lipinski definition) is 3. The molecular formula is C14H12ClN3O. The SMILES string of the molecule is COc1ccccc1-n1c(N)nc2ccc(Cl)cc21. The van der Waals surface area contributed by atoms with Crippen LogP contribution in [-0.4, -0.2) is 16.7 Å². The number of aromatic nitrogens is 2. The van der Waals surface area contributed by atoms with Crippen molar-refractivity contribution in [2.75, 3.05) is 12.8 Å². The first-order valence-corrected chi connectivity index (χ1v) is 6.15. The van der Waals surface area contributed by atoms with E-state index in [1.54, 1.807) is 13.2 Å². The third-order valence-electron chi connectivity index (χ3n) is 2.97. The lowest BCUT2D eigenvalue weighted by molar-refractivity contribution is 0.413. The highest BCUT2D eigenvalue weighted by atomic mass is 35.5. The van der Waals surface area contributed by atoms with Crippen molar-refractivity contribution in [3.63, 3.8) is 0 Å². The first-order chi connectivity index (χ1) is 9.20. The fraction of sp³-hybridized carbons (Fsp3) is 0.0714. The van der Waals surface area contributed by atoms with Crippen LogP contribution in [0, 0.1) is 0 Å². The van der Waals surface area contributed by atoms with Crippen molar-refractivity contribution in [1.82, 2.24) is 9.55 Å². The lowest BCUT2D eigenvalue weighted by atomic mass is 10.2. The van der Waals surface area contributed by atoms with Crippen LogP contribution in [0.2, 0.25) is 5.02 Å². The second-order valence-electron chi connectivity index (χ2n) is 4.11. The molecule has 0 radical (unpaired) electrons. The van der Waals surface area contributed by atoms with Gasteiger partial charge in [0.05, 0.1) is 23.8 Å². The minimum atomic E-state index is 0.404. The van der Waals surface area contributed by atoms with Crippen molar-refractivity contribution in [3.8, 4) is 11.4 Å². The van der Waals surface area contributed by atoms with Gasteiger partial charge in [0.2, 0.25) is 5.95 Å². The van der Waals surface area contributed by atoms with E-state index in [0.717, 1.165) is 22.5 Å². The van der Waals surface area contributed by atoms with Crippen LogP contribution in [0.25, 0.3) is 16.7 Å². The third-order valence-corrected chi connectivity index (χ3v) is 3.20. The van der Waals surface area contributed by atoms with Crippen LogP contribution in [0.3, 0.4) is 0 Å². The number of nitrogens with zero attached hydrogens (tertiary/aromatic N) is 2. The topological polar surface area (TPSA) is 53.1 Å². The summed E-state index contributed by atoms with van der Waals surface area (Å²) < 4.78 is 7.20. The zero-order chi connectivity index (χ0) is 13.4. The van der Waals surface area contributed by atoms with Gasteiger partial charge in [0.1, 0.15) is 5.75 Å². The van der Waals surface area contributed by atoms with Crippen molar-refractivity contribution < 1.29 is 4.74 Å². The van der Waals surface area contributed by atoms with E-state index in [9.17, 15) is 0 Å². The number of nitrogens with two attached hydrogens (primary N) is 1. The van der Waals surface area contributed by atoms with Crippen LogP contribution in [0.5, 0.6) is 5.75 Å². The Labute approximate surface area is 115 Å². The fourth-order valence-electron chi connectivity index (χ4n) is 2.13. The smallest absolute Gasteiger partial charge is 0.206 e. The number of hydrogen-bond donors (Lipinski definition) is 1. The number of fused-ring (bicyclic) bond motifs is 1. The fourth-order valence-corrected chi connectivity index (χ4v) is 2.30. The van der Waals surface area contributed by atoms with Crippen molar-refractivity contribution in [2.24, 2.45) is 0 Å². The van der Waals surface area contributed by atoms with E-state index < -0.39 is 0 Å². The van der Waals surface area contributed by atoms with Crippen LogP contribution in [0.15, 0.2) is 42.5 Å². The zero-order valence-electron chi connectivity index (χ0n) is 10.3. The second-order valence-corrected chi connectivity index (χ2v) is 4.55. The molecule has 0 unspecified atom stereocenters. The van der Waals surface area contributed by atoms with Gasteiger partial charge in [-0.25, -0.2) is 4.98 Å². The summed E-state index contributed by atoms with van der Waals surface area (Å²) in [5.74, 6) is 1.13. The molecule has 0 bridgehead atoms. The van der Waals surface area contributed by atoms with Gasteiger partial charge in [0.15, 0.2) is 0 Å². The number of nitrogen functional groups attached to an aromatic ring is 1. The summed E-state index contributed by atoms with van der Waals surface area (Å²) in [7, 11) is 1.63. The molecule has 0 saturated heterocycles. The Kier molecular flexibility index (Phi) is 2.80. The van der Waals surface area contributed by atoms with Gasteiger partial charge in [0, 0.05) is 5.02 Å². The van der Waals surface area contributed by atoms with Crippen molar-refractivity contribution in [2.45, 2.75) is 0 Å². The van der Waals surface area contributed by atoms with Gasteiger partial charge in [-0.1, -0.05) is 23.7 Å². The molecule has 1 heterocycles. The maximum Gasteiger partial charge on any atom is 0.206 e. The Morgan fingerprint density at radius 3 is 2.79 bits per heavy atom. The van der Waals surface area contributed by atoms with Gasteiger partial charge < -0.3 is 10.5 Å².